The van der Waals surface area contributed by atoms with Crippen molar-refractivity contribution in [3.05, 3.63) is 132 Å². The van der Waals surface area contributed by atoms with Gasteiger partial charge in [-0.3, -0.25) is 4.79 Å². The van der Waals surface area contributed by atoms with Gasteiger partial charge in [0.2, 0.25) is 6.29 Å². The molecule has 0 aliphatic carbocycles. The molecular weight excluding hydrogens is 707 g/mol. The lowest BCUT2D eigenvalue weighted by molar-refractivity contribution is -0.261. The maximum atomic E-state index is 12.3. The molecule has 0 unspecified atom stereocenters. The summed E-state index contributed by atoms with van der Waals surface area (Å²) in [7, 11) is -2.90. The van der Waals surface area contributed by atoms with Gasteiger partial charge in [-0.25, -0.2) is 0 Å². The molecule has 5 rings (SSSR count). The molecule has 46 heavy (non-hydrogen) atoms. The average molecular weight is 751 g/mol. The second kappa shape index (κ2) is 15.8. The van der Waals surface area contributed by atoms with E-state index in [4.69, 9.17) is 23.4 Å². The first kappa shape index (κ1) is 34.5. The van der Waals surface area contributed by atoms with Crippen molar-refractivity contribution in [1.82, 2.24) is 0 Å². The fourth-order valence-electron chi connectivity index (χ4n) is 6.15. The van der Waals surface area contributed by atoms with E-state index in [0.717, 1.165) is 11.1 Å². The largest absolute Gasteiger partial charge is 0.435 e. The van der Waals surface area contributed by atoms with Crippen molar-refractivity contribution in [2.24, 2.45) is 0 Å². The third-order valence-corrected chi connectivity index (χ3v) is 14.6. The van der Waals surface area contributed by atoms with E-state index in [1.54, 1.807) is 0 Å². The average Bonchev–Trinajstić information content (AvgIpc) is 3.06. The highest BCUT2D eigenvalue weighted by atomic mass is 127. The molecule has 8 heteroatoms. The molecule has 6 nitrogen and oxygen atoms in total. The highest BCUT2D eigenvalue weighted by molar-refractivity contribution is 14.1. The van der Waals surface area contributed by atoms with Crippen LogP contribution in [0.2, 0.25) is 5.04 Å². The van der Waals surface area contributed by atoms with Crippen molar-refractivity contribution in [3.8, 4) is 0 Å². The Balaban J connectivity index is 1.52. The molecule has 4 aromatic rings. The molecule has 1 heterocycles. The van der Waals surface area contributed by atoms with Crippen molar-refractivity contribution >= 4 is 47.3 Å². The van der Waals surface area contributed by atoms with E-state index < -0.39 is 38.9 Å². The lowest BCUT2D eigenvalue weighted by atomic mass is 10.0. The Labute approximate surface area is 287 Å². The summed E-state index contributed by atoms with van der Waals surface area (Å²) in [6.07, 6.45) is -2.36. The van der Waals surface area contributed by atoms with Gasteiger partial charge in [-0.1, -0.05) is 165 Å². The number of hydrogen-bond donors (Lipinski definition) is 0. The molecule has 4 aromatic carbocycles. The number of benzene rings is 4. The quantitative estimate of drug-likeness (QED) is 0.0686. The van der Waals surface area contributed by atoms with Crippen LogP contribution in [0.1, 0.15) is 38.8 Å². The van der Waals surface area contributed by atoms with E-state index in [-0.39, 0.29) is 15.6 Å². The summed E-state index contributed by atoms with van der Waals surface area (Å²) in [6, 6.07) is 41.2. The molecule has 0 bridgehead atoms. The number of carbonyl (C=O) groups excluding carboxylic acids is 1. The molecule has 1 aliphatic heterocycles. The summed E-state index contributed by atoms with van der Waals surface area (Å²) in [4.78, 5) is 12.3. The Morgan fingerprint density at radius 1 is 0.717 bits per heavy atom. The molecule has 0 aromatic heterocycles. The lowest BCUT2D eigenvalue weighted by Gasteiger charge is -2.47. The molecule has 0 amide bonds. The SMILES string of the molecule is CC(=O)O[C@@H]1O[C@H](CO[Si](c2ccccc2)(c2ccccc2)C(C)(C)C)[C@@H](OCc2ccccc2)[C@H](OCc2ccccc2)[C@H]1I. The molecule has 0 radical (unpaired) electrons. The van der Waals surface area contributed by atoms with Crippen molar-refractivity contribution < 1.29 is 28.2 Å². The van der Waals surface area contributed by atoms with E-state index in [1.807, 2.05) is 72.8 Å². The zero-order valence-corrected chi connectivity index (χ0v) is 30.0. The first-order valence-corrected chi connectivity index (χ1v) is 18.9. The fraction of sp³-hybridized carbons (Fsp3) is 0.342. The predicted molar refractivity (Wildman–Crippen MR) is 192 cm³/mol. The number of alkyl halides is 1. The van der Waals surface area contributed by atoms with Crippen molar-refractivity contribution in [2.75, 3.05) is 6.61 Å². The van der Waals surface area contributed by atoms with Gasteiger partial charge in [0.05, 0.1) is 19.8 Å². The predicted octanol–water partition coefficient (Wildman–Crippen LogP) is 6.83. The summed E-state index contributed by atoms with van der Waals surface area (Å²) in [6.45, 7) is 9.12. The number of halogens is 1. The second-order valence-electron chi connectivity index (χ2n) is 12.6. The van der Waals surface area contributed by atoms with E-state index in [0.29, 0.717) is 13.2 Å². The normalized spacial score (nSPS) is 21.9. The first-order valence-electron chi connectivity index (χ1n) is 15.7. The van der Waals surface area contributed by atoms with Crippen LogP contribution in [0.25, 0.3) is 0 Å². The van der Waals surface area contributed by atoms with E-state index in [1.165, 1.54) is 17.3 Å². The molecule has 0 saturated carbocycles. The summed E-state index contributed by atoms with van der Waals surface area (Å²) >= 11 is 2.27. The first-order chi connectivity index (χ1) is 22.2. The van der Waals surface area contributed by atoms with Crippen LogP contribution < -0.4 is 10.4 Å². The zero-order chi connectivity index (χ0) is 32.6. The topological polar surface area (TPSA) is 63.2 Å². The Morgan fingerprint density at radius 2 is 1.15 bits per heavy atom. The third kappa shape index (κ3) is 8.16. The molecule has 1 fully saturated rings. The van der Waals surface area contributed by atoms with Crippen LogP contribution in [0.15, 0.2) is 121 Å². The van der Waals surface area contributed by atoms with E-state index in [2.05, 4.69) is 91.9 Å². The van der Waals surface area contributed by atoms with Crippen LogP contribution in [0.4, 0.5) is 0 Å². The molecule has 0 N–H and O–H groups in total. The summed E-state index contributed by atoms with van der Waals surface area (Å²) in [5.74, 6) is -0.413. The lowest BCUT2D eigenvalue weighted by Crippen LogP contribution is -2.68. The molecule has 242 valence electrons. The fourth-order valence-corrected chi connectivity index (χ4v) is 11.7. The van der Waals surface area contributed by atoms with Crippen LogP contribution in [0.3, 0.4) is 0 Å². The van der Waals surface area contributed by atoms with Gasteiger partial charge < -0.3 is 23.4 Å². The van der Waals surface area contributed by atoms with Gasteiger partial charge in [0.25, 0.3) is 8.32 Å². The maximum absolute atomic E-state index is 12.3. The third-order valence-electron chi connectivity index (χ3n) is 8.31. The van der Waals surface area contributed by atoms with Crippen LogP contribution in [0, 0.1) is 0 Å². The van der Waals surface area contributed by atoms with E-state index in [9.17, 15) is 4.79 Å². The van der Waals surface area contributed by atoms with Gasteiger partial charge in [-0.2, -0.15) is 0 Å². The standard InChI is InChI=1S/C38H43IO6Si/c1-28(40)44-37-34(39)36(42-26-30-19-11-6-12-20-30)35(41-25-29-17-9-5-10-18-29)33(45-37)27-43-46(38(2,3)4,31-21-13-7-14-22-31)32-23-15-8-16-24-32/h5-24,33-37H,25-27H2,1-4H3/t33-,34-,35-,36-,37-/m1/s1. The van der Waals surface area contributed by atoms with Crippen LogP contribution in [-0.2, 0) is 41.4 Å². The molecule has 1 aliphatic rings. The maximum Gasteiger partial charge on any atom is 0.304 e. The van der Waals surface area contributed by atoms with Crippen LogP contribution in [0.5, 0.6) is 0 Å². The minimum Gasteiger partial charge on any atom is -0.435 e. The Hall–Kier alpha value is -2.86. The van der Waals surface area contributed by atoms with Gasteiger partial charge in [0, 0.05) is 6.92 Å². The minimum absolute atomic E-state index is 0.221. The molecule has 0 spiro atoms. The van der Waals surface area contributed by atoms with Gasteiger partial charge in [0.1, 0.15) is 22.2 Å². The number of ether oxygens (including phenoxy) is 4. The minimum atomic E-state index is -2.90. The smallest absolute Gasteiger partial charge is 0.304 e. The number of hydrogen-bond acceptors (Lipinski definition) is 6. The Morgan fingerprint density at radius 3 is 1.59 bits per heavy atom. The number of esters is 1. The highest BCUT2D eigenvalue weighted by Crippen LogP contribution is 2.39. The monoisotopic (exact) mass is 750 g/mol. The number of carbonyl (C=O) groups is 1. The van der Waals surface area contributed by atoms with Crippen LogP contribution >= 0.6 is 22.6 Å². The Kier molecular flexibility index (Phi) is 11.9. The van der Waals surface area contributed by atoms with Crippen LogP contribution in [-0.4, -0.2) is 49.4 Å². The van der Waals surface area contributed by atoms with Crippen molar-refractivity contribution in [3.63, 3.8) is 0 Å². The van der Waals surface area contributed by atoms with E-state index >= 15 is 0 Å². The molecular formula is C38H43IO6Si. The van der Waals surface area contributed by atoms with Crippen molar-refractivity contribution in [2.45, 2.75) is 74.5 Å². The highest BCUT2D eigenvalue weighted by Gasteiger charge is 2.53. The van der Waals surface area contributed by atoms with Gasteiger partial charge in [0.15, 0.2) is 0 Å². The molecule has 5 atom stereocenters. The second-order valence-corrected chi connectivity index (χ2v) is 18.3. The van der Waals surface area contributed by atoms with Crippen molar-refractivity contribution in [1.29, 1.82) is 0 Å². The zero-order valence-electron chi connectivity index (χ0n) is 26.9. The van der Waals surface area contributed by atoms with Gasteiger partial charge >= 0.3 is 5.97 Å². The molecule has 1 saturated heterocycles. The summed E-state index contributed by atoms with van der Waals surface area (Å²) in [5, 5.41) is 2.12. The summed E-state index contributed by atoms with van der Waals surface area (Å²) < 4.78 is 32.7. The Bertz CT molecular complexity index is 1460. The number of rotatable bonds is 12. The summed E-state index contributed by atoms with van der Waals surface area (Å²) in [5.41, 5.74) is 2.09. The van der Waals surface area contributed by atoms with Gasteiger partial charge in [-0.05, 0) is 26.5 Å². The van der Waals surface area contributed by atoms with Gasteiger partial charge in [-0.15, -0.1) is 0 Å².